The summed E-state index contributed by atoms with van der Waals surface area (Å²) in [5.74, 6) is -0.351. The smallest absolute Gasteiger partial charge is 0.254 e. The number of fused-ring (bicyclic) bond motifs is 3. The van der Waals surface area contributed by atoms with Crippen molar-refractivity contribution in [1.82, 2.24) is 20.0 Å². The van der Waals surface area contributed by atoms with Crippen LogP contribution in [-0.2, 0) is 29.1 Å². The lowest BCUT2D eigenvalue weighted by Crippen LogP contribution is -2.46. The molecule has 10 heteroatoms. The molecule has 0 atom stereocenters. The van der Waals surface area contributed by atoms with Gasteiger partial charge in [0.2, 0.25) is 11.8 Å². The number of hydrogen-bond acceptors (Lipinski definition) is 5. The summed E-state index contributed by atoms with van der Waals surface area (Å²) in [7, 11) is 0. The molecule has 4 amide bonds. The normalized spacial score (nSPS) is 16.2. The summed E-state index contributed by atoms with van der Waals surface area (Å²) in [6, 6.07) is 24.2. The van der Waals surface area contributed by atoms with E-state index in [-0.39, 0.29) is 43.3 Å². The van der Waals surface area contributed by atoms with Gasteiger partial charge in [0.25, 0.3) is 11.8 Å². The number of carbonyl (C=O) groups excluding carboxylic acids is 4. The SMILES string of the molecule is O=C(CCc1cccc2c3c(ccc12)CN(C(=O)c1ccc(Cl)cc1)CC(=O)N3Cc1ccc(C(=O)N2CC=CC2)cc1)N1CCNCC1. The quantitative estimate of drug-likeness (QED) is 0.277. The predicted octanol–water partition coefficient (Wildman–Crippen LogP) is 5.06. The summed E-state index contributed by atoms with van der Waals surface area (Å²) < 4.78 is 0. The molecule has 49 heavy (non-hydrogen) atoms. The number of amides is 4. The van der Waals surface area contributed by atoms with Crippen LogP contribution < -0.4 is 10.2 Å². The van der Waals surface area contributed by atoms with Gasteiger partial charge >= 0.3 is 0 Å². The van der Waals surface area contributed by atoms with Crippen LogP contribution >= 0.6 is 11.6 Å². The fraction of sp³-hybridized carbons (Fsp3) is 0.282. The van der Waals surface area contributed by atoms with Crippen LogP contribution in [0.4, 0.5) is 5.69 Å². The van der Waals surface area contributed by atoms with E-state index in [9.17, 15) is 19.2 Å². The van der Waals surface area contributed by atoms with Crippen molar-refractivity contribution in [2.45, 2.75) is 25.9 Å². The second-order valence-electron chi connectivity index (χ2n) is 12.7. The average molecular weight is 676 g/mol. The van der Waals surface area contributed by atoms with Gasteiger partial charge in [-0.3, -0.25) is 19.2 Å². The first-order valence-corrected chi connectivity index (χ1v) is 17.1. The lowest BCUT2D eigenvalue weighted by atomic mass is 9.96. The molecule has 0 radical (unpaired) electrons. The maximum atomic E-state index is 14.2. The summed E-state index contributed by atoms with van der Waals surface area (Å²) in [6.07, 6.45) is 4.95. The molecule has 1 saturated heterocycles. The first kappa shape index (κ1) is 32.6. The number of nitrogens with zero attached hydrogens (tertiary/aromatic N) is 4. The van der Waals surface area contributed by atoms with Crippen LogP contribution in [-0.4, -0.2) is 84.1 Å². The zero-order chi connectivity index (χ0) is 33.9. The highest BCUT2D eigenvalue weighted by molar-refractivity contribution is 6.30. The number of halogens is 1. The highest BCUT2D eigenvalue weighted by atomic mass is 35.5. The lowest BCUT2D eigenvalue weighted by molar-refractivity contribution is -0.131. The monoisotopic (exact) mass is 675 g/mol. The highest BCUT2D eigenvalue weighted by Gasteiger charge is 2.31. The molecule has 9 nitrogen and oxygen atoms in total. The van der Waals surface area contributed by atoms with E-state index in [2.05, 4.69) is 5.32 Å². The van der Waals surface area contributed by atoms with E-state index in [1.165, 1.54) is 0 Å². The number of anilines is 1. The molecule has 1 fully saturated rings. The summed E-state index contributed by atoms with van der Waals surface area (Å²) >= 11 is 6.09. The zero-order valence-corrected chi connectivity index (χ0v) is 28.0. The number of carbonyl (C=O) groups is 4. The summed E-state index contributed by atoms with van der Waals surface area (Å²) in [5.41, 5.74) is 4.56. The van der Waals surface area contributed by atoms with Gasteiger partial charge in [-0.1, -0.05) is 66.2 Å². The third kappa shape index (κ3) is 6.95. The topological polar surface area (TPSA) is 93.3 Å². The van der Waals surface area contributed by atoms with E-state index in [1.54, 1.807) is 39.0 Å². The lowest BCUT2D eigenvalue weighted by Gasteiger charge is -2.27. The Hall–Kier alpha value is -4.99. The molecule has 3 aliphatic heterocycles. The number of piperazine rings is 1. The van der Waals surface area contributed by atoms with Crippen LogP contribution in [0.25, 0.3) is 10.8 Å². The van der Waals surface area contributed by atoms with Gasteiger partial charge in [0, 0.05) is 73.8 Å². The van der Waals surface area contributed by atoms with Crippen molar-refractivity contribution < 1.29 is 19.2 Å². The first-order chi connectivity index (χ1) is 23.9. The Morgan fingerprint density at radius 3 is 2.10 bits per heavy atom. The highest BCUT2D eigenvalue weighted by Crippen LogP contribution is 2.37. The van der Waals surface area contributed by atoms with Crippen molar-refractivity contribution in [1.29, 1.82) is 0 Å². The van der Waals surface area contributed by atoms with Crippen LogP contribution in [0, 0.1) is 0 Å². The van der Waals surface area contributed by atoms with Crippen molar-refractivity contribution >= 4 is 51.7 Å². The number of benzene rings is 4. The number of aryl methyl sites for hydroxylation is 1. The Balaban J connectivity index is 1.22. The van der Waals surface area contributed by atoms with Crippen molar-refractivity contribution in [3.8, 4) is 0 Å². The molecule has 4 aromatic carbocycles. The predicted molar refractivity (Wildman–Crippen MR) is 191 cm³/mol. The zero-order valence-electron chi connectivity index (χ0n) is 27.2. The van der Waals surface area contributed by atoms with E-state index in [0.29, 0.717) is 42.1 Å². The second kappa shape index (κ2) is 14.2. The van der Waals surface area contributed by atoms with Crippen LogP contribution in [0.5, 0.6) is 0 Å². The Morgan fingerprint density at radius 2 is 1.39 bits per heavy atom. The standard InChI is InChI=1S/C39H38ClN5O4/c40-32-14-10-30(11-15-32)39(49)44-25-31-12-16-33-28(13-17-35(46)42-22-18-41-19-23-42)4-3-5-34(33)37(31)45(36(47)26-44)24-27-6-8-29(9-7-27)38(48)43-20-1-2-21-43/h1-12,14-16,41H,13,17-26H2. The molecule has 0 unspecified atom stereocenters. The van der Waals surface area contributed by atoms with Crippen LogP contribution in [0.3, 0.4) is 0 Å². The van der Waals surface area contributed by atoms with E-state index >= 15 is 0 Å². The van der Waals surface area contributed by atoms with Crippen LogP contribution in [0.1, 0.15) is 43.8 Å². The van der Waals surface area contributed by atoms with Crippen molar-refractivity contribution in [2.24, 2.45) is 0 Å². The van der Waals surface area contributed by atoms with Gasteiger partial charge in [-0.25, -0.2) is 0 Å². The Bertz CT molecular complexity index is 1930. The van der Waals surface area contributed by atoms with Gasteiger partial charge in [0.15, 0.2) is 0 Å². The van der Waals surface area contributed by atoms with Crippen LogP contribution in [0.15, 0.2) is 91.0 Å². The molecule has 3 aliphatic rings. The number of hydrogen-bond donors (Lipinski definition) is 1. The molecule has 4 aromatic rings. The van der Waals surface area contributed by atoms with Crippen molar-refractivity contribution in [2.75, 3.05) is 50.7 Å². The van der Waals surface area contributed by atoms with Gasteiger partial charge in [-0.15, -0.1) is 0 Å². The fourth-order valence-electron chi connectivity index (χ4n) is 6.91. The molecule has 7 rings (SSSR count). The molecular weight excluding hydrogens is 638 g/mol. The minimum Gasteiger partial charge on any atom is -0.340 e. The molecule has 0 spiro atoms. The molecular formula is C39H38ClN5O4. The molecule has 0 aromatic heterocycles. The minimum absolute atomic E-state index is 0.0296. The maximum Gasteiger partial charge on any atom is 0.254 e. The van der Waals surface area contributed by atoms with Gasteiger partial charge in [0.05, 0.1) is 12.2 Å². The second-order valence-corrected chi connectivity index (χ2v) is 13.2. The van der Waals surface area contributed by atoms with Crippen molar-refractivity contribution in [3.05, 3.63) is 124 Å². The molecule has 250 valence electrons. The minimum atomic E-state index is -0.252. The summed E-state index contributed by atoms with van der Waals surface area (Å²) in [5, 5.41) is 5.69. The third-order valence-electron chi connectivity index (χ3n) is 9.57. The fourth-order valence-corrected chi connectivity index (χ4v) is 7.04. The van der Waals surface area contributed by atoms with Crippen LogP contribution in [0.2, 0.25) is 5.02 Å². The molecule has 1 N–H and O–H groups in total. The Morgan fingerprint density at radius 1 is 0.714 bits per heavy atom. The molecule has 0 aliphatic carbocycles. The van der Waals surface area contributed by atoms with E-state index < -0.39 is 0 Å². The maximum absolute atomic E-state index is 14.2. The van der Waals surface area contributed by atoms with Gasteiger partial charge < -0.3 is 24.9 Å². The van der Waals surface area contributed by atoms with Gasteiger partial charge in [-0.2, -0.15) is 0 Å². The van der Waals surface area contributed by atoms with Gasteiger partial charge in [-0.05, 0) is 64.9 Å². The van der Waals surface area contributed by atoms with E-state index in [1.807, 2.05) is 71.6 Å². The summed E-state index contributed by atoms with van der Waals surface area (Å²) in [6.45, 7) is 4.66. The first-order valence-electron chi connectivity index (χ1n) is 16.8. The van der Waals surface area contributed by atoms with Crippen molar-refractivity contribution in [3.63, 3.8) is 0 Å². The van der Waals surface area contributed by atoms with E-state index in [4.69, 9.17) is 11.6 Å². The Kier molecular flexibility index (Phi) is 9.46. The largest absolute Gasteiger partial charge is 0.340 e. The Labute approximate surface area is 290 Å². The number of nitrogens with one attached hydrogen (secondary N) is 1. The number of rotatable bonds is 7. The molecule has 0 bridgehead atoms. The average Bonchev–Trinajstić information content (AvgIpc) is 3.64. The summed E-state index contributed by atoms with van der Waals surface area (Å²) in [4.78, 5) is 61.0. The van der Waals surface area contributed by atoms with E-state index in [0.717, 1.165) is 59.3 Å². The van der Waals surface area contributed by atoms with Gasteiger partial charge in [0.1, 0.15) is 6.54 Å². The third-order valence-corrected chi connectivity index (χ3v) is 9.82. The molecule has 3 heterocycles. The molecule has 0 saturated carbocycles.